The van der Waals surface area contributed by atoms with Gasteiger partial charge in [-0.05, 0) is 28.7 Å². The predicted octanol–water partition coefficient (Wildman–Crippen LogP) is 2.87. The lowest BCUT2D eigenvalue weighted by Crippen LogP contribution is -2.29. The van der Waals surface area contributed by atoms with Crippen LogP contribution in [0.25, 0.3) is 11.1 Å². The van der Waals surface area contributed by atoms with E-state index in [1.807, 2.05) is 31.2 Å². The van der Waals surface area contributed by atoms with Gasteiger partial charge in [-0.1, -0.05) is 61.9 Å². The number of fused-ring (bicyclic) bond motifs is 3. The lowest BCUT2D eigenvalue weighted by molar-refractivity contribution is -0.251. The molecule has 0 amide bonds. The maximum atomic E-state index is 12.1. The summed E-state index contributed by atoms with van der Waals surface area (Å²) >= 11 is 0. The zero-order chi connectivity index (χ0) is 18.5. The van der Waals surface area contributed by atoms with Crippen LogP contribution in [0, 0.1) is 0 Å². The van der Waals surface area contributed by atoms with E-state index in [9.17, 15) is 9.90 Å². The molecule has 1 aliphatic rings. The number of nitrogens with zero attached hydrogens (tertiary/aromatic N) is 1. The van der Waals surface area contributed by atoms with E-state index in [-0.39, 0.29) is 12.5 Å². The van der Waals surface area contributed by atoms with Gasteiger partial charge in [0.15, 0.2) is 0 Å². The quantitative estimate of drug-likeness (QED) is 0.455. The van der Waals surface area contributed by atoms with Crippen LogP contribution >= 0.6 is 0 Å². The van der Waals surface area contributed by atoms with Crippen molar-refractivity contribution in [3.8, 4) is 11.1 Å². The summed E-state index contributed by atoms with van der Waals surface area (Å²) in [6, 6.07) is 15.4. The first-order valence-electron chi connectivity index (χ1n) is 8.79. The Morgan fingerprint density at radius 2 is 1.69 bits per heavy atom. The highest BCUT2D eigenvalue weighted by molar-refractivity contribution is 5.80. The monoisotopic (exact) mass is 352 g/mol. The van der Waals surface area contributed by atoms with E-state index < -0.39 is 18.1 Å². The molecule has 2 aromatic rings. The van der Waals surface area contributed by atoms with E-state index in [1.165, 1.54) is 18.2 Å². The van der Waals surface area contributed by atoms with Crippen molar-refractivity contribution in [2.45, 2.75) is 31.7 Å². The van der Waals surface area contributed by atoms with Crippen molar-refractivity contribution in [2.24, 2.45) is 4.99 Å². The number of ether oxygens (including phenoxy) is 2. The molecule has 1 aliphatic carbocycles. The molecular weight excluding hydrogens is 330 g/mol. The maximum Gasteiger partial charge on any atom is 0.330 e. The minimum absolute atomic E-state index is 0.0238. The van der Waals surface area contributed by atoms with Crippen molar-refractivity contribution in [1.29, 1.82) is 0 Å². The minimum Gasteiger partial charge on any atom is -0.599 e. The molecule has 1 unspecified atom stereocenters. The second kappa shape index (κ2) is 8.04. The van der Waals surface area contributed by atoms with E-state index in [4.69, 9.17) is 9.47 Å². The van der Waals surface area contributed by atoms with Crippen molar-refractivity contribution in [3.63, 3.8) is 0 Å². The summed E-state index contributed by atoms with van der Waals surface area (Å²) in [6.45, 7) is 2.11. The van der Waals surface area contributed by atoms with Gasteiger partial charge in [0.1, 0.15) is 12.1 Å². The molecule has 0 saturated heterocycles. The number of hydrogen-bond acceptors (Lipinski definition) is 5. The highest BCUT2D eigenvalue weighted by atomic mass is 16.6. The van der Waals surface area contributed by atoms with Gasteiger partial charge in [0.05, 0.1) is 7.11 Å². The normalized spacial score (nSPS) is 14.5. The van der Waals surface area contributed by atoms with Crippen molar-refractivity contribution < 1.29 is 19.4 Å². The third kappa shape index (κ3) is 3.57. The Morgan fingerprint density at radius 3 is 2.23 bits per heavy atom. The Labute approximate surface area is 153 Å². The number of rotatable bonds is 6. The number of carbonyl (C=O) groups excluding carboxylic acids is 1. The molecule has 0 bridgehead atoms. The molecule has 0 aromatic heterocycles. The lowest BCUT2D eigenvalue weighted by atomic mass is 9.98. The molecule has 0 radical (unpaired) electrons. The average molecular weight is 352 g/mol. The van der Waals surface area contributed by atoms with Crippen LogP contribution in [0.2, 0.25) is 0 Å². The van der Waals surface area contributed by atoms with Gasteiger partial charge in [0, 0.05) is 12.5 Å². The highest BCUT2D eigenvalue weighted by Crippen LogP contribution is 2.44. The van der Waals surface area contributed by atoms with E-state index in [1.54, 1.807) is 0 Å². The molecule has 136 valence electrons. The average Bonchev–Trinajstić information content (AvgIpc) is 2.99. The zero-order valence-electron chi connectivity index (χ0n) is 15.0. The number of benzene rings is 2. The Morgan fingerprint density at radius 1 is 1.12 bits per heavy atom. The van der Waals surface area contributed by atoms with Crippen LogP contribution in [-0.2, 0) is 14.3 Å². The fourth-order valence-corrected chi connectivity index (χ4v) is 3.40. The first kappa shape index (κ1) is 18.0. The Bertz CT molecular complexity index is 770. The third-order valence-corrected chi connectivity index (χ3v) is 4.63. The molecule has 0 heterocycles. The zero-order valence-corrected chi connectivity index (χ0v) is 15.0. The molecule has 5 heteroatoms. The van der Waals surface area contributed by atoms with Crippen molar-refractivity contribution >= 4 is 12.1 Å². The molecule has 0 fully saturated rings. The summed E-state index contributed by atoms with van der Waals surface area (Å²) in [7, 11) is 1.29. The first-order chi connectivity index (χ1) is 12.7. The van der Waals surface area contributed by atoms with Crippen LogP contribution in [0.1, 0.15) is 36.8 Å². The van der Waals surface area contributed by atoms with Gasteiger partial charge in [-0.15, -0.1) is 0 Å². The molecule has 0 aliphatic heterocycles. The smallest absolute Gasteiger partial charge is 0.330 e. The Kier molecular flexibility index (Phi) is 5.56. The van der Waals surface area contributed by atoms with Crippen LogP contribution in [0.5, 0.6) is 0 Å². The molecule has 0 spiro atoms. The van der Waals surface area contributed by atoms with Crippen molar-refractivity contribution in [3.05, 3.63) is 59.7 Å². The molecule has 26 heavy (non-hydrogen) atoms. The second-order valence-corrected chi connectivity index (χ2v) is 6.26. The first-order valence-corrected chi connectivity index (χ1v) is 8.79. The Balaban J connectivity index is 1.77. The summed E-state index contributed by atoms with van der Waals surface area (Å²) < 4.78 is 10.1. The molecule has 5 nitrogen and oxygen atoms in total. The summed E-state index contributed by atoms with van der Waals surface area (Å²) in [5, 5.41) is 12.1. The van der Waals surface area contributed by atoms with Gasteiger partial charge >= 0.3 is 5.97 Å². The fraction of sp³-hybridized carbons (Fsp3) is 0.333. The molecule has 2 aromatic carbocycles. The van der Waals surface area contributed by atoms with Gasteiger partial charge in [-0.3, -0.25) is 4.99 Å². The summed E-state index contributed by atoms with van der Waals surface area (Å²) in [4.78, 5) is 15.6. The number of methoxy groups -OCH3 is 1. The van der Waals surface area contributed by atoms with E-state index in [0.717, 1.165) is 17.5 Å². The minimum atomic E-state index is -0.805. The second-order valence-electron chi connectivity index (χ2n) is 6.26. The molecule has 1 atom stereocenters. The van der Waals surface area contributed by atoms with Crippen LogP contribution in [-0.4, -0.2) is 31.8 Å². The van der Waals surface area contributed by atoms with Crippen molar-refractivity contribution in [2.75, 3.05) is 13.7 Å². The van der Waals surface area contributed by atoms with Crippen LogP contribution in [0.15, 0.2) is 53.5 Å². The van der Waals surface area contributed by atoms with Gasteiger partial charge in [-0.2, -0.15) is 0 Å². The third-order valence-electron chi connectivity index (χ3n) is 4.63. The highest BCUT2D eigenvalue weighted by Gasteiger charge is 2.27. The largest absolute Gasteiger partial charge is 0.599 e. The molecule has 0 N–H and O–H groups in total. The summed E-state index contributed by atoms with van der Waals surface area (Å²) in [5.41, 5.74) is 4.61. The lowest BCUT2D eigenvalue weighted by Gasteiger charge is -2.22. The fourth-order valence-electron chi connectivity index (χ4n) is 3.40. The topological polar surface area (TPSA) is 71.0 Å². The van der Waals surface area contributed by atoms with Gasteiger partial charge in [0.2, 0.25) is 0 Å². The van der Waals surface area contributed by atoms with E-state index >= 15 is 0 Å². The number of hydrogen-bond donors (Lipinski definition) is 0. The van der Waals surface area contributed by atoms with E-state index in [0.29, 0.717) is 6.42 Å². The number of carbonyl (C=O) groups is 1. The van der Waals surface area contributed by atoms with Crippen LogP contribution in [0.4, 0.5) is 0 Å². The molecular formula is C21H22NO4-. The van der Waals surface area contributed by atoms with Crippen molar-refractivity contribution in [1.82, 2.24) is 0 Å². The Hall–Kier alpha value is -2.82. The van der Waals surface area contributed by atoms with E-state index in [2.05, 4.69) is 29.3 Å². The van der Waals surface area contributed by atoms with Gasteiger partial charge in [0.25, 0.3) is 0 Å². The SMILES string of the molecule is CCCC(N=C([O-])OCC1c2ccccc2-c2ccccc21)C(=O)OC. The summed E-state index contributed by atoms with van der Waals surface area (Å²) in [5.74, 6) is -0.537. The van der Waals surface area contributed by atoms with Gasteiger partial charge < -0.3 is 14.6 Å². The maximum absolute atomic E-state index is 12.1. The predicted molar refractivity (Wildman–Crippen MR) is 97.8 cm³/mol. The van der Waals surface area contributed by atoms with Crippen LogP contribution < -0.4 is 5.11 Å². The summed E-state index contributed by atoms with van der Waals surface area (Å²) in [6.07, 6.45) is 0.451. The standard InChI is InChI=1S/C21H23NO4/c1-3-8-19(20(23)25-2)22-21(24)26-13-18-16-11-6-4-9-14(16)15-10-5-7-12-17(15)18/h4-7,9-12,18-19H,3,8,13H2,1-2H3,(H,22,24)/p-1. The molecule has 3 rings (SSSR count). The molecule has 0 saturated carbocycles. The number of esters is 1. The van der Waals surface area contributed by atoms with Gasteiger partial charge in [-0.25, -0.2) is 4.79 Å². The number of aliphatic imine (C=N–C) groups is 1. The van der Waals surface area contributed by atoms with Crippen LogP contribution in [0.3, 0.4) is 0 Å².